The second-order valence-corrected chi connectivity index (χ2v) is 12.9. The zero-order valence-electron chi connectivity index (χ0n) is 23.6. The maximum atomic E-state index is 13.2. The highest BCUT2D eigenvalue weighted by atomic mass is 32.2. The Hall–Kier alpha value is -4.63. The molecule has 0 saturated carbocycles. The molecule has 2 atom stereocenters. The van der Waals surface area contributed by atoms with Crippen molar-refractivity contribution in [1.29, 1.82) is 5.26 Å². The summed E-state index contributed by atoms with van der Waals surface area (Å²) in [6.45, 7) is 5.54. The summed E-state index contributed by atoms with van der Waals surface area (Å²) in [5, 5.41) is 22.3. The highest BCUT2D eigenvalue weighted by Crippen LogP contribution is 2.25. The first kappa shape index (κ1) is 30.8. The summed E-state index contributed by atoms with van der Waals surface area (Å²) in [6, 6.07) is 13.6. The lowest BCUT2D eigenvalue weighted by atomic mass is 10.3. The van der Waals surface area contributed by atoms with Crippen LogP contribution in [0.15, 0.2) is 67.7 Å². The second-order valence-electron chi connectivity index (χ2n) is 9.17. The molecule has 0 fully saturated rings. The monoisotopic (exact) mass is 650 g/mol. The zero-order chi connectivity index (χ0) is 31.3. The van der Waals surface area contributed by atoms with Gasteiger partial charge in [-0.2, -0.15) is 9.94 Å². The Morgan fingerprint density at radius 1 is 1.18 bits per heavy atom. The van der Waals surface area contributed by atoms with E-state index in [4.69, 9.17) is 4.74 Å². The van der Waals surface area contributed by atoms with Crippen molar-refractivity contribution in [1.82, 2.24) is 24.8 Å². The van der Waals surface area contributed by atoms with Crippen molar-refractivity contribution >= 4 is 62.7 Å². The first-order valence-corrected chi connectivity index (χ1v) is 16.3. The van der Waals surface area contributed by atoms with E-state index >= 15 is 0 Å². The molecule has 4 aromatic rings. The molecule has 226 valence electrons. The van der Waals surface area contributed by atoms with Gasteiger partial charge in [-0.05, 0) is 74.7 Å². The van der Waals surface area contributed by atoms with Crippen LogP contribution in [0.4, 0.5) is 11.6 Å². The number of hydrogen-bond acceptors (Lipinski definition) is 13. The number of nitrogens with one attached hydrogen (secondary N) is 3. The largest absolute Gasteiger partial charge is 0.341 e. The molecule has 0 radical (unpaired) electrons. The topological polar surface area (TPSA) is 189 Å². The molecule has 4 heterocycles. The molecule has 44 heavy (non-hydrogen) atoms. The number of nitriles is 1. The van der Waals surface area contributed by atoms with E-state index in [-0.39, 0.29) is 34.1 Å². The van der Waals surface area contributed by atoms with Crippen LogP contribution >= 0.6 is 23.1 Å². The second kappa shape index (κ2) is 13.3. The van der Waals surface area contributed by atoms with E-state index in [1.165, 1.54) is 28.1 Å². The van der Waals surface area contributed by atoms with Gasteiger partial charge in [0.25, 0.3) is 15.6 Å². The van der Waals surface area contributed by atoms with Crippen LogP contribution in [0.5, 0.6) is 0 Å². The summed E-state index contributed by atoms with van der Waals surface area (Å²) < 4.78 is 35.1. The van der Waals surface area contributed by atoms with Crippen molar-refractivity contribution in [3.05, 3.63) is 80.2 Å². The Balaban J connectivity index is 1.35. The number of ether oxygens (including phenoxy) is 1. The first-order valence-electron chi connectivity index (χ1n) is 13.1. The fraction of sp³-hybridized carbons (Fsp3) is 0.222. The highest BCUT2D eigenvalue weighted by molar-refractivity contribution is 8.00. The normalized spacial score (nSPS) is 16.2. The van der Waals surface area contributed by atoms with Crippen molar-refractivity contribution in [2.24, 2.45) is 4.99 Å². The maximum absolute atomic E-state index is 13.2. The number of anilines is 2. The quantitative estimate of drug-likeness (QED) is 0.212. The van der Waals surface area contributed by atoms with E-state index in [0.717, 1.165) is 16.6 Å². The van der Waals surface area contributed by atoms with Gasteiger partial charge >= 0.3 is 0 Å². The van der Waals surface area contributed by atoms with Gasteiger partial charge in [0, 0.05) is 28.6 Å². The smallest absolute Gasteiger partial charge is 0.299 e. The van der Waals surface area contributed by atoms with Crippen LogP contribution in [-0.4, -0.2) is 57.3 Å². The number of rotatable bonds is 10. The van der Waals surface area contributed by atoms with Crippen LogP contribution in [0.25, 0.3) is 12.2 Å². The Bertz CT molecular complexity index is 1900. The third-order valence-corrected chi connectivity index (χ3v) is 9.09. The molecule has 0 aliphatic carbocycles. The molecule has 17 heteroatoms. The lowest BCUT2D eigenvalue weighted by Gasteiger charge is -2.25. The minimum absolute atomic E-state index is 0.000925. The number of hydrogen-bond donors (Lipinski definition) is 3. The van der Waals surface area contributed by atoms with Gasteiger partial charge in [-0.15, -0.1) is 21.5 Å². The van der Waals surface area contributed by atoms with Crippen molar-refractivity contribution in [3.8, 4) is 6.07 Å². The highest BCUT2D eigenvalue weighted by Gasteiger charge is 2.29. The third kappa shape index (κ3) is 7.29. The van der Waals surface area contributed by atoms with E-state index < -0.39 is 27.2 Å². The number of nitrogens with zero attached hydrogens (tertiary/aromatic N) is 7. The Morgan fingerprint density at radius 3 is 2.59 bits per heavy atom. The average molecular weight is 651 g/mol. The van der Waals surface area contributed by atoms with Gasteiger partial charge in [-0.1, -0.05) is 17.8 Å². The van der Waals surface area contributed by atoms with Gasteiger partial charge in [0.15, 0.2) is 10.9 Å². The van der Waals surface area contributed by atoms with Crippen LogP contribution in [0, 0.1) is 25.2 Å². The van der Waals surface area contributed by atoms with Gasteiger partial charge < -0.3 is 10.1 Å². The SMILES string of the molecule is CCOC(/N=C1/Nn2c(nnc(/C=C/c3cccs3)c2=O)SC1C#N)Nc1ccc(S(=O)(=O)Nc2nc(C)cc(C)n2)cc1. The van der Waals surface area contributed by atoms with Crippen molar-refractivity contribution in [3.63, 3.8) is 0 Å². The number of sulfonamides is 1. The molecule has 3 aromatic heterocycles. The van der Waals surface area contributed by atoms with E-state index in [1.54, 1.807) is 51.1 Å². The minimum atomic E-state index is -3.95. The van der Waals surface area contributed by atoms with E-state index in [2.05, 4.69) is 46.7 Å². The standard InChI is InChI=1S/C27H26N10O4S3/c1-4-41-26(31-18-7-10-20(11-8-18)44(39,40)36-25-29-16(2)14-17(3)30-25)32-23-22(15-28)43-27-34-33-21(24(38)37(27)35-23)12-9-19-6-5-13-42-19/h5-14,22,26,31H,4H2,1-3H3,(H,32,35)(H,29,30,36)/b12-9+. The Morgan fingerprint density at radius 2 is 1.93 bits per heavy atom. The number of aryl methyl sites for hydroxylation is 2. The van der Waals surface area contributed by atoms with Crippen LogP contribution < -0.4 is 21.0 Å². The predicted octanol–water partition coefficient (Wildman–Crippen LogP) is 3.45. The number of fused-ring (bicyclic) bond motifs is 1. The van der Waals surface area contributed by atoms with Crippen LogP contribution in [0.1, 0.15) is 28.9 Å². The Kier molecular flexibility index (Phi) is 9.35. The maximum Gasteiger partial charge on any atom is 0.299 e. The fourth-order valence-electron chi connectivity index (χ4n) is 3.95. The number of aliphatic imine (C=N–C) groups is 1. The predicted molar refractivity (Wildman–Crippen MR) is 169 cm³/mol. The molecule has 3 N–H and O–H groups in total. The van der Waals surface area contributed by atoms with Gasteiger partial charge in [-0.3, -0.25) is 10.2 Å². The van der Waals surface area contributed by atoms with E-state index in [1.807, 2.05) is 17.5 Å². The minimum Gasteiger partial charge on any atom is -0.341 e. The molecule has 0 saturated heterocycles. The summed E-state index contributed by atoms with van der Waals surface area (Å²) >= 11 is 2.54. The lowest BCUT2D eigenvalue weighted by Crippen LogP contribution is -2.45. The summed E-state index contributed by atoms with van der Waals surface area (Å²) in [7, 11) is -3.95. The van der Waals surface area contributed by atoms with E-state index in [9.17, 15) is 18.5 Å². The van der Waals surface area contributed by atoms with Crippen LogP contribution in [0.3, 0.4) is 0 Å². The van der Waals surface area contributed by atoms with Crippen molar-refractivity contribution < 1.29 is 13.2 Å². The molecule has 1 aromatic carbocycles. The van der Waals surface area contributed by atoms with Crippen molar-refractivity contribution in [2.45, 2.75) is 42.4 Å². The lowest BCUT2D eigenvalue weighted by molar-refractivity contribution is 0.0892. The Labute approximate surface area is 261 Å². The zero-order valence-corrected chi connectivity index (χ0v) is 26.1. The third-order valence-electron chi connectivity index (χ3n) is 5.86. The number of thioether (sulfide) groups is 1. The summed E-state index contributed by atoms with van der Waals surface area (Å²) in [5.74, 6) is 0.148. The summed E-state index contributed by atoms with van der Waals surface area (Å²) in [6.07, 6.45) is 2.37. The van der Waals surface area contributed by atoms with Gasteiger partial charge in [0.1, 0.15) is 5.84 Å². The molecule has 0 bridgehead atoms. The molecule has 1 aliphatic rings. The number of benzene rings is 1. The van der Waals surface area contributed by atoms with Crippen molar-refractivity contribution in [2.75, 3.05) is 22.1 Å². The molecular formula is C27H26N10O4S3. The van der Waals surface area contributed by atoms with Gasteiger partial charge in [0.2, 0.25) is 17.5 Å². The molecular weight excluding hydrogens is 625 g/mol. The van der Waals surface area contributed by atoms with Gasteiger partial charge in [-0.25, -0.2) is 28.1 Å². The van der Waals surface area contributed by atoms with Crippen LogP contribution in [-0.2, 0) is 14.8 Å². The van der Waals surface area contributed by atoms with Crippen LogP contribution in [0.2, 0.25) is 0 Å². The molecule has 1 aliphatic heterocycles. The number of aromatic nitrogens is 5. The molecule has 2 unspecified atom stereocenters. The fourth-order valence-corrected chi connectivity index (χ4v) is 6.32. The summed E-state index contributed by atoms with van der Waals surface area (Å²) in [5.41, 5.74) is 4.31. The first-order chi connectivity index (χ1) is 21.1. The summed E-state index contributed by atoms with van der Waals surface area (Å²) in [4.78, 5) is 26.9. The number of amidine groups is 1. The number of thiophene rings is 1. The average Bonchev–Trinajstić information content (AvgIpc) is 3.50. The van der Waals surface area contributed by atoms with Gasteiger partial charge in [0.05, 0.1) is 11.0 Å². The molecule has 0 amide bonds. The van der Waals surface area contributed by atoms with E-state index in [0.29, 0.717) is 17.1 Å². The molecule has 0 spiro atoms. The molecule has 5 rings (SSSR count). The molecule has 14 nitrogen and oxygen atoms in total.